The Hall–Kier alpha value is -0.930. The lowest BCUT2D eigenvalue weighted by Crippen LogP contribution is -2.51. The van der Waals surface area contributed by atoms with Gasteiger partial charge in [-0.05, 0) is 50.3 Å². The number of hydrogen-bond acceptors (Lipinski definition) is 3. The molecule has 1 aliphatic heterocycles. The zero-order valence-electron chi connectivity index (χ0n) is 11.4. The average molecular weight is 281 g/mol. The maximum atomic E-state index is 6.09. The standard InChI is InChI=1S/C15H21ClN2O/c1-18(14-9-11(16)3-4-13(14)17)12-5-8-19-15(10-12)6-2-7-15/h3-4,9,12H,2,5-8,10,17H2,1H3. The quantitative estimate of drug-likeness (QED) is 0.843. The number of anilines is 2. The third-order valence-electron chi connectivity index (χ3n) is 4.65. The second-order valence-corrected chi connectivity index (χ2v) is 6.28. The third-order valence-corrected chi connectivity index (χ3v) is 4.89. The summed E-state index contributed by atoms with van der Waals surface area (Å²) in [7, 11) is 2.12. The van der Waals surface area contributed by atoms with E-state index in [9.17, 15) is 0 Å². The highest BCUT2D eigenvalue weighted by atomic mass is 35.5. The predicted octanol–water partition coefficient (Wildman–Crippen LogP) is 3.46. The first-order valence-corrected chi connectivity index (χ1v) is 7.39. The van der Waals surface area contributed by atoms with Crippen molar-refractivity contribution in [3.8, 4) is 0 Å². The van der Waals surface area contributed by atoms with Crippen molar-refractivity contribution in [2.75, 3.05) is 24.3 Å². The van der Waals surface area contributed by atoms with Crippen LogP contribution >= 0.6 is 11.6 Å². The average Bonchev–Trinajstić information content (AvgIpc) is 2.39. The van der Waals surface area contributed by atoms with E-state index in [4.69, 9.17) is 22.1 Å². The van der Waals surface area contributed by atoms with Crippen molar-refractivity contribution in [3.05, 3.63) is 23.2 Å². The summed E-state index contributed by atoms with van der Waals surface area (Å²) in [4.78, 5) is 2.28. The van der Waals surface area contributed by atoms with Crippen LogP contribution in [0.15, 0.2) is 18.2 Å². The van der Waals surface area contributed by atoms with E-state index >= 15 is 0 Å². The second-order valence-electron chi connectivity index (χ2n) is 5.85. The van der Waals surface area contributed by atoms with E-state index in [0.717, 1.165) is 35.8 Å². The Balaban J connectivity index is 1.79. The summed E-state index contributed by atoms with van der Waals surface area (Å²) in [6.45, 7) is 0.857. The number of rotatable bonds is 2. The van der Waals surface area contributed by atoms with Gasteiger partial charge in [-0.3, -0.25) is 0 Å². The van der Waals surface area contributed by atoms with E-state index in [1.807, 2.05) is 18.2 Å². The van der Waals surface area contributed by atoms with Crippen molar-refractivity contribution in [1.82, 2.24) is 0 Å². The van der Waals surface area contributed by atoms with Crippen LogP contribution in [-0.4, -0.2) is 25.3 Å². The molecular weight excluding hydrogens is 260 g/mol. The smallest absolute Gasteiger partial charge is 0.0702 e. The molecule has 1 atom stereocenters. The first kappa shape index (κ1) is 13.1. The zero-order valence-corrected chi connectivity index (χ0v) is 12.1. The van der Waals surface area contributed by atoms with Crippen LogP contribution in [0.25, 0.3) is 0 Å². The number of hydrogen-bond donors (Lipinski definition) is 1. The third kappa shape index (κ3) is 2.41. The highest BCUT2D eigenvalue weighted by Crippen LogP contribution is 2.44. The summed E-state index contributed by atoms with van der Waals surface area (Å²) in [5, 5.41) is 0.737. The van der Waals surface area contributed by atoms with Crippen LogP contribution in [-0.2, 0) is 4.74 Å². The van der Waals surface area contributed by atoms with E-state index < -0.39 is 0 Å². The van der Waals surface area contributed by atoms with Gasteiger partial charge in [-0.2, -0.15) is 0 Å². The van der Waals surface area contributed by atoms with Crippen molar-refractivity contribution in [3.63, 3.8) is 0 Å². The van der Waals surface area contributed by atoms with Crippen LogP contribution in [0.2, 0.25) is 5.02 Å². The highest BCUT2D eigenvalue weighted by Gasteiger charge is 2.43. The molecule has 1 aromatic rings. The summed E-state index contributed by atoms with van der Waals surface area (Å²) in [5.41, 5.74) is 8.07. The Morgan fingerprint density at radius 2 is 2.21 bits per heavy atom. The van der Waals surface area contributed by atoms with E-state index in [-0.39, 0.29) is 5.60 Å². The van der Waals surface area contributed by atoms with Gasteiger partial charge < -0.3 is 15.4 Å². The Morgan fingerprint density at radius 3 is 2.89 bits per heavy atom. The summed E-state index contributed by atoms with van der Waals surface area (Å²) in [6, 6.07) is 6.17. The van der Waals surface area contributed by atoms with Gasteiger partial charge in [-0.25, -0.2) is 0 Å². The molecule has 1 unspecified atom stereocenters. The molecule has 0 amide bonds. The molecule has 2 N–H and O–H groups in total. The van der Waals surface area contributed by atoms with Crippen molar-refractivity contribution in [2.24, 2.45) is 0 Å². The molecule has 4 heteroatoms. The molecule has 0 aromatic heterocycles. The lowest BCUT2D eigenvalue weighted by Gasteiger charge is -2.49. The van der Waals surface area contributed by atoms with E-state index in [0.29, 0.717) is 6.04 Å². The summed E-state index contributed by atoms with van der Waals surface area (Å²) in [5.74, 6) is 0. The number of halogens is 1. The van der Waals surface area contributed by atoms with Crippen molar-refractivity contribution in [2.45, 2.75) is 43.7 Å². The van der Waals surface area contributed by atoms with E-state index in [1.165, 1.54) is 19.3 Å². The van der Waals surface area contributed by atoms with Crippen molar-refractivity contribution >= 4 is 23.0 Å². The van der Waals surface area contributed by atoms with Crippen LogP contribution in [0, 0.1) is 0 Å². The molecule has 1 spiro atoms. The van der Waals surface area contributed by atoms with Crippen LogP contribution in [0.1, 0.15) is 32.1 Å². The van der Waals surface area contributed by atoms with Gasteiger partial charge in [0.05, 0.1) is 17.0 Å². The molecule has 19 heavy (non-hydrogen) atoms. The molecule has 0 radical (unpaired) electrons. The Bertz CT molecular complexity index is 473. The minimum Gasteiger partial charge on any atom is -0.397 e. The van der Waals surface area contributed by atoms with Crippen LogP contribution < -0.4 is 10.6 Å². The molecule has 1 aliphatic carbocycles. The molecule has 1 saturated heterocycles. The molecule has 3 rings (SSSR count). The molecule has 1 saturated carbocycles. The molecule has 1 heterocycles. The van der Waals surface area contributed by atoms with Gasteiger partial charge in [0.25, 0.3) is 0 Å². The fourth-order valence-electron chi connectivity index (χ4n) is 3.27. The first-order valence-electron chi connectivity index (χ1n) is 7.01. The Kier molecular flexibility index (Phi) is 3.35. The molecule has 1 aromatic carbocycles. The second kappa shape index (κ2) is 4.88. The van der Waals surface area contributed by atoms with Gasteiger partial charge in [0.15, 0.2) is 0 Å². The largest absolute Gasteiger partial charge is 0.397 e. The maximum absolute atomic E-state index is 6.09. The van der Waals surface area contributed by atoms with Crippen LogP contribution in [0.3, 0.4) is 0 Å². The first-order chi connectivity index (χ1) is 9.10. The lowest BCUT2D eigenvalue weighted by atomic mass is 9.73. The van der Waals surface area contributed by atoms with E-state index in [1.54, 1.807) is 0 Å². The monoisotopic (exact) mass is 280 g/mol. The van der Waals surface area contributed by atoms with Gasteiger partial charge >= 0.3 is 0 Å². The topological polar surface area (TPSA) is 38.5 Å². The lowest BCUT2D eigenvalue weighted by molar-refractivity contribution is -0.132. The molecule has 3 nitrogen and oxygen atoms in total. The molecule has 104 valence electrons. The van der Waals surface area contributed by atoms with Gasteiger partial charge in [-0.15, -0.1) is 0 Å². The van der Waals surface area contributed by atoms with Crippen molar-refractivity contribution in [1.29, 1.82) is 0 Å². The van der Waals surface area contributed by atoms with Gasteiger partial charge in [-0.1, -0.05) is 11.6 Å². The number of nitrogen functional groups attached to an aromatic ring is 1. The minimum atomic E-state index is 0.157. The normalized spacial score (nSPS) is 25.1. The van der Waals surface area contributed by atoms with Gasteiger partial charge in [0.2, 0.25) is 0 Å². The molecule has 2 fully saturated rings. The van der Waals surface area contributed by atoms with Gasteiger partial charge in [0, 0.05) is 24.7 Å². The van der Waals surface area contributed by atoms with Crippen LogP contribution in [0.5, 0.6) is 0 Å². The van der Waals surface area contributed by atoms with E-state index in [2.05, 4.69) is 11.9 Å². The van der Waals surface area contributed by atoms with Crippen LogP contribution in [0.4, 0.5) is 11.4 Å². The molecule has 2 aliphatic rings. The predicted molar refractivity (Wildman–Crippen MR) is 79.8 cm³/mol. The minimum absolute atomic E-state index is 0.157. The molecular formula is C15H21ClN2O. The fourth-order valence-corrected chi connectivity index (χ4v) is 3.44. The Labute approximate surface area is 119 Å². The number of nitrogens with zero attached hydrogens (tertiary/aromatic N) is 1. The Morgan fingerprint density at radius 1 is 1.42 bits per heavy atom. The summed E-state index contributed by atoms with van der Waals surface area (Å²) >= 11 is 6.09. The maximum Gasteiger partial charge on any atom is 0.0702 e. The number of benzene rings is 1. The van der Waals surface area contributed by atoms with Crippen molar-refractivity contribution < 1.29 is 4.74 Å². The fraction of sp³-hybridized carbons (Fsp3) is 0.600. The molecule has 0 bridgehead atoms. The highest BCUT2D eigenvalue weighted by molar-refractivity contribution is 6.31. The SMILES string of the molecule is CN(c1cc(Cl)ccc1N)C1CCOC2(CCC2)C1. The van der Waals surface area contributed by atoms with Gasteiger partial charge in [0.1, 0.15) is 0 Å². The zero-order chi connectivity index (χ0) is 13.5. The number of ether oxygens (including phenoxy) is 1. The number of nitrogens with two attached hydrogens (primary N) is 1. The summed E-state index contributed by atoms with van der Waals surface area (Å²) in [6.07, 6.45) is 5.89. The summed E-state index contributed by atoms with van der Waals surface area (Å²) < 4.78 is 5.99.